The number of carbonyl (C=O) groups excluding carboxylic acids is 1. The Morgan fingerprint density at radius 2 is 1.90 bits per heavy atom. The minimum absolute atomic E-state index is 0.266. The number of fused-ring (bicyclic) bond motifs is 1. The number of amides is 1. The van der Waals surface area contributed by atoms with Gasteiger partial charge < -0.3 is 10.4 Å². The van der Waals surface area contributed by atoms with Gasteiger partial charge in [0.1, 0.15) is 5.00 Å². The molecule has 21 heavy (non-hydrogen) atoms. The molecule has 1 aliphatic rings. The summed E-state index contributed by atoms with van der Waals surface area (Å²) in [5, 5.41) is 12.6. The summed E-state index contributed by atoms with van der Waals surface area (Å²) in [4.78, 5) is 24.8. The highest BCUT2D eigenvalue weighted by Crippen LogP contribution is 2.39. The van der Waals surface area contributed by atoms with Crippen LogP contribution < -0.4 is 5.32 Å². The molecule has 2 aromatic rings. The number of nitrogens with one attached hydrogen (secondary N) is 1. The predicted molar refractivity (Wildman–Crippen MR) is 82.4 cm³/mol. The summed E-state index contributed by atoms with van der Waals surface area (Å²) in [5.74, 6) is -1.23. The first kappa shape index (κ1) is 13.8. The van der Waals surface area contributed by atoms with Gasteiger partial charge in [0.15, 0.2) is 0 Å². The van der Waals surface area contributed by atoms with Crippen molar-refractivity contribution in [2.45, 2.75) is 26.2 Å². The number of carboxylic acids is 1. The highest BCUT2D eigenvalue weighted by molar-refractivity contribution is 7.17. The highest BCUT2D eigenvalue weighted by atomic mass is 32.1. The number of anilines is 1. The number of thiophene rings is 1. The monoisotopic (exact) mass is 301 g/mol. The van der Waals surface area contributed by atoms with Crippen LogP contribution in [0.1, 0.15) is 43.1 Å². The summed E-state index contributed by atoms with van der Waals surface area (Å²) in [5.41, 5.74) is 2.78. The quantitative estimate of drug-likeness (QED) is 0.912. The van der Waals surface area contributed by atoms with Crippen LogP contribution in [0.2, 0.25) is 0 Å². The maximum absolute atomic E-state index is 12.2. The van der Waals surface area contributed by atoms with Crippen LogP contribution in [0, 0.1) is 6.92 Å². The largest absolute Gasteiger partial charge is 0.478 e. The Hall–Kier alpha value is -2.14. The smallest absolute Gasteiger partial charge is 0.339 e. The molecule has 3 rings (SSSR count). The van der Waals surface area contributed by atoms with E-state index in [1.165, 1.54) is 11.3 Å². The first-order valence-electron chi connectivity index (χ1n) is 6.82. The molecule has 0 saturated carbocycles. The molecular formula is C16H15NO3S. The molecule has 0 unspecified atom stereocenters. The third-order valence-electron chi connectivity index (χ3n) is 3.68. The van der Waals surface area contributed by atoms with E-state index in [0.29, 0.717) is 10.6 Å². The summed E-state index contributed by atoms with van der Waals surface area (Å²) in [6.07, 6.45) is 2.68. The van der Waals surface area contributed by atoms with E-state index in [9.17, 15) is 14.7 Å². The van der Waals surface area contributed by atoms with Gasteiger partial charge in [-0.2, -0.15) is 0 Å². The molecule has 1 aliphatic carbocycles. The second kappa shape index (κ2) is 5.33. The Morgan fingerprint density at radius 3 is 2.57 bits per heavy atom. The van der Waals surface area contributed by atoms with Crippen molar-refractivity contribution in [2.75, 3.05) is 5.32 Å². The molecule has 0 aliphatic heterocycles. The number of hydrogen-bond acceptors (Lipinski definition) is 3. The van der Waals surface area contributed by atoms with Crippen LogP contribution in [0.5, 0.6) is 0 Å². The van der Waals surface area contributed by atoms with Crippen molar-refractivity contribution in [2.24, 2.45) is 0 Å². The van der Waals surface area contributed by atoms with Crippen LogP contribution in [0.15, 0.2) is 24.3 Å². The Labute approximate surface area is 126 Å². The first-order chi connectivity index (χ1) is 10.1. The van der Waals surface area contributed by atoms with Crippen LogP contribution >= 0.6 is 11.3 Å². The lowest BCUT2D eigenvalue weighted by Crippen LogP contribution is -2.13. The van der Waals surface area contributed by atoms with Crippen molar-refractivity contribution in [3.05, 3.63) is 51.4 Å². The van der Waals surface area contributed by atoms with E-state index >= 15 is 0 Å². The summed E-state index contributed by atoms with van der Waals surface area (Å²) in [6.45, 7) is 1.95. The van der Waals surface area contributed by atoms with Crippen molar-refractivity contribution in [3.63, 3.8) is 0 Å². The maximum Gasteiger partial charge on any atom is 0.339 e. The zero-order valence-corrected chi connectivity index (χ0v) is 12.4. The van der Waals surface area contributed by atoms with Crippen LogP contribution in [-0.2, 0) is 12.8 Å². The van der Waals surface area contributed by atoms with E-state index in [1.54, 1.807) is 12.1 Å². The van der Waals surface area contributed by atoms with E-state index in [1.807, 2.05) is 19.1 Å². The van der Waals surface area contributed by atoms with Gasteiger partial charge in [-0.05, 0) is 43.9 Å². The molecular weight excluding hydrogens is 286 g/mol. The number of benzene rings is 1. The third-order valence-corrected chi connectivity index (χ3v) is 4.88. The van der Waals surface area contributed by atoms with Crippen molar-refractivity contribution in [1.82, 2.24) is 0 Å². The lowest BCUT2D eigenvalue weighted by atomic mass is 10.1. The van der Waals surface area contributed by atoms with Crippen LogP contribution in [-0.4, -0.2) is 17.0 Å². The molecule has 1 aromatic heterocycles. The number of carboxylic acid groups (broad SMARTS) is 1. The summed E-state index contributed by atoms with van der Waals surface area (Å²) < 4.78 is 0. The fourth-order valence-electron chi connectivity index (χ4n) is 2.60. The van der Waals surface area contributed by atoms with Crippen molar-refractivity contribution in [1.29, 1.82) is 0 Å². The molecule has 4 nitrogen and oxygen atoms in total. The summed E-state index contributed by atoms with van der Waals surface area (Å²) >= 11 is 1.39. The van der Waals surface area contributed by atoms with Gasteiger partial charge in [-0.1, -0.05) is 17.7 Å². The average Bonchev–Trinajstić information content (AvgIpc) is 2.98. The SMILES string of the molecule is Cc1ccc(C(=O)Nc2sc3c(c2C(=O)O)CCC3)cc1. The molecule has 5 heteroatoms. The third kappa shape index (κ3) is 2.56. The molecule has 0 spiro atoms. The van der Waals surface area contributed by atoms with Gasteiger partial charge >= 0.3 is 5.97 Å². The van der Waals surface area contributed by atoms with E-state index in [0.717, 1.165) is 35.3 Å². The number of rotatable bonds is 3. The minimum atomic E-state index is -0.964. The Balaban J connectivity index is 1.90. The number of aromatic carboxylic acids is 1. The molecule has 0 radical (unpaired) electrons. The number of aryl methyl sites for hydroxylation is 2. The molecule has 2 N–H and O–H groups in total. The van der Waals surface area contributed by atoms with Gasteiger partial charge in [0, 0.05) is 10.4 Å². The summed E-state index contributed by atoms with van der Waals surface area (Å²) in [6, 6.07) is 7.21. The predicted octanol–water partition coefficient (Wildman–Crippen LogP) is 3.50. The number of carbonyl (C=O) groups is 2. The standard InChI is InChI=1S/C16H15NO3S/c1-9-5-7-10(8-6-9)14(18)17-15-13(16(19)20)11-3-2-4-12(11)21-15/h5-8H,2-4H2,1H3,(H,17,18)(H,19,20). The van der Waals surface area contributed by atoms with Crippen LogP contribution in [0.3, 0.4) is 0 Å². The van der Waals surface area contributed by atoms with E-state index in [4.69, 9.17) is 0 Å². The molecule has 0 saturated heterocycles. The van der Waals surface area contributed by atoms with Gasteiger partial charge in [0.25, 0.3) is 5.91 Å². The molecule has 1 aromatic carbocycles. The lowest BCUT2D eigenvalue weighted by molar-refractivity contribution is 0.0697. The van der Waals surface area contributed by atoms with Gasteiger partial charge in [-0.15, -0.1) is 11.3 Å². The molecule has 1 heterocycles. The van der Waals surface area contributed by atoms with Crippen molar-refractivity contribution < 1.29 is 14.7 Å². The highest BCUT2D eigenvalue weighted by Gasteiger charge is 2.27. The fourth-order valence-corrected chi connectivity index (χ4v) is 3.88. The topological polar surface area (TPSA) is 66.4 Å². The lowest BCUT2D eigenvalue weighted by Gasteiger charge is -2.05. The zero-order chi connectivity index (χ0) is 15.0. The van der Waals surface area contributed by atoms with Gasteiger partial charge in [-0.25, -0.2) is 4.79 Å². The van der Waals surface area contributed by atoms with Crippen molar-refractivity contribution >= 4 is 28.2 Å². The van der Waals surface area contributed by atoms with Gasteiger partial charge in [0.05, 0.1) is 5.56 Å². The molecule has 0 fully saturated rings. The fraction of sp³-hybridized carbons (Fsp3) is 0.250. The van der Waals surface area contributed by atoms with Crippen LogP contribution in [0.4, 0.5) is 5.00 Å². The van der Waals surface area contributed by atoms with Gasteiger partial charge in [0.2, 0.25) is 0 Å². The second-order valence-electron chi connectivity index (χ2n) is 5.19. The Bertz CT molecular complexity index is 716. The maximum atomic E-state index is 12.2. The Kier molecular flexibility index (Phi) is 3.51. The van der Waals surface area contributed by atoms with Gasteiger partial charge in [-0.3, -0.25) is 4.79 Å². The van der Waals surface area contributed by atoms with Crippen molar-refractivity contribution in [3.8, 4) is 0 Å². The first-order valence-corrected chi connectivity index (χ1v) is 7.64. The molecule has 108 valence electrons. The number of hydrogen-bond donors (Lipinski definition) is 2. The Morgan fingerprint density at radius 1 is 1.19 bits per heavy atom. The van der Waals surface area contributed by atoms with E-state index in [2.05, 4.69) is 5.32 Å². The molecule has 1 amide bonds. The zero-order valence-electron chi connectivity index (χ0n) is 11.6. The average molecular weight is 301 g/mol. The normalized spacial score (nSPS) is 13.0. The molecule has 0 bridgehead atoms. The second-order valence-corrected chi connectivity index (χ2v) is 6.29. The van der Waals surface area contributed by atoms with Crippen LogP contribution in [0.25, 0.3) is 0 Å². The van der Waals surface area contributed by atoms with E-state index in [-0.39, 0.29) is 11.5 Å². The van der Waals surface area contributed by atoms with E-state index < -0.39 is 5.97 Å². The molecule has 0 atom stereocenters. The summed E-state index contributed by atoms with van der Waals surface area (Å²) in [7, 11) is 0. The minimum Gasteiger partial charge on any atom is -0.478 e.